The minimum atomic E-state index is -0.729. The first-order valence-electron chi connectivity index (χ1n) is 8.10. The lowest BCUT2D eigenvalue weighted by atomic mass is 10.1. The van der Waals surface area contributed by atoms with Crippen LogP contribution in [0.5, 0.6) is 0 Å². The van der Waals surface area contributed by atoms with Gasteiger partial charge in [0.25, 0.3) is 11.8 Å². The molecule has 2 amide bonds. The number of benzene rings is 1. The highest BCUT2D eigenvalue weighted by molar-refractivity contribution is 6.07. The quantitative estimate of drug-likeness (QED) is 0.263. The summed E-state index contributed by atoms with van der Waals surface area (Å²) in [6.45, 7) is 1.45. The van der Waals surface area contributed by atoms with E-state index in [9.17, 15) is 19.7 Å². The Morgan fingerprint density at radius 1 is 1.15 bits per heavy atom. The fourth-order valence-electron chi connectivity index (χ4n) is 2.26. The molecular formula is C17H21ClN4O5. The molecule has 0 unspecified atom stereocenters. The Morgan fingerprint density at radius 3 is 2.48 bits per heavy atom. The van der Waals surface area contributed by atoms with E-state index in [0.29, 0.717) is 17.8 Å². The number of quaternary nitrogens is 1. The Hall–Kier alpha value is -2.91. The second kappa shape index (κ2) is 10.3. The van der Waals surface area contributed by atoms with Gasteiger partial charge in [-0.05, 0) is 18.2 Å². The van der Waals surface area contributed by atoms with Crippen molar-refractivity contribution in [1.82, 2.24) is 5.32 Å². The number of halogens is 1. The number of carbonyl (C=O) groups excluding carboxylic acids is 2. The van der Waals surface area contributed by atoms with Crippen molar-refractivity contribution >= 4 is 23.4 Å². The highest BCUT2D eigenvalue weighted by Gasteiger charge is 2.19. The maximum atomic E-state index is 12.3. The van der Waals surface area contributed by atoms with Crippen LogP contribution in [0.25, 0.3) is 0 Å². The van der Waals surface area contributed by atoms with Crippen LogP contribution in [0.4, 0.5) is 11.6 Å². The summed E-state index contributed by atoms with van der Waals surface area (Å²) in [6, 6.07) is 8.83. The van der Waals surface area contributed by atoms with Gasteiger partial charge >= 0.3 is 5.88 Å². The molecule has 2 aromatic rings. The third-order valence-corrected chi connectivity index (χ3v) is 3.55. The number of amides is 2. The van der Waals surface area contributed by atoms with Crippen LogP contribution in [-0.4, -0.2) is 43.9 Å². The Bertz CT molecular complexity index is 806. The fourth-order valence-corrected chi connectivity index (χ4v) is 2.26. The van der Waals surface area contributed by atoms with Gasteiger partial charge in [-0.2, -0.15) is 0 Å². The molecule has 0 bridgehead atoms. The van der Waals surface area contributed by atoms with Crippen LogP contribution >= 0.6 is 0 Å². The van der Waals surface area contributed by atoms with E-state index in [2.05, 4.69) is 10.6 Å². The van der Waals surface area contributed by atoms with Crippen molar-refractivity contribution in [2.75, 3.05) is 32.5 Å². The van der Waals surface area contributed by atoms with Gasteiger partial charge in [0.2, 0.25) is 0 Å². The molecule has 1 heterocycles. The predicted molar refractivity (Wildman–Crippen MR) is 94.4 cm³/mol. The van der Waals surface area contributed by atoms with Crippen molar-refractivity contribution in [3.8, 4) is 0 Å². The first-order valence-corrected chi connectivity index (χ1v) is 8.10. The standard InChI is InChI=1S/C17H20N4O5.ClH/c1-20(2)11-5-10-18-16(22)12-6-3-4-7-13(12)19-17(23)14-8-9-15(26-14)21(24)25;/h3-4,6-9H,5,10-11H2,1-2H3,(H,18,22)(H,19,23);1H. The van der Waals surface area contributed by atoms with E-state index >= 15 is 0 Å². The van der Waals surface area contributed by atoms with Crippen molar-refractivity contribution in [1.29, 1.82) is 0 Å². The average Bonchev–Trinajstić information content (AvgIpc) is 3.09. The van der Waals surface area contributed by atoms with E-state index in [4.69, 9.17) is 4.42 Å². The summed E-state index contributed by atoms with van der Waals surface area (Å²) < 4.78 is 4.87. The average molecular weight is 397 g/mol. The van der Waals surface area contributed by atoms with Gasteiger partial charge < -0.3 is 32.4 Å². The van der Waals surface area contributed by atoms with Crippen LogP contribution in [0.15, 0.2) is 40.8 Å². The molecule has 0 aliphatic carbocycles. The summed E-state index contributed by atoms with van der Waals surface area (Å²) in [5.74, 6) is -1.71. The number of furan rings is 1. The van der Waals surface area contributed by atoms with Crippen molar-refractivity contribution in [3.05, 3.63) is 57.8 Å². The van der Waals surface area contributed by atoms with E-state index in [1.807, 2.05) is 14.1 Å². The topological polar surface area (TPSA) is 119 Å². The van der Waals surface area contributed by atoms with E-state index in [-0.39, 0.29) is 24.1 Å². The first kappa shape index (κ1) is 22.1. The zero-order chi connectivity index (χ0) is 19.1. The van der Waals surface area contributed by atoms with Crippen molar-refractivity contribution < 1.29 is 36.2 Å². The van der Waals surface area contributed by atoms with Crippen LogP contribution in [0.1, 0.15) is 27.3 Å². The van der Waals surface area contributed by atoms with Gasteiger partial charge in [-0.25, -0.2) is 0 Å². The third kappa shape index (κ3) is 6.39. The minimum absolute atomic E-state index is 0. The molecule has 2 rings (SSSR count). The lowest BCUT2D eigenvalue weighted by molar-refractivity contribution is -0.858. The molecule has 1 aromatic heterocycles. The molecule has 3 N–H and O–H groups in total. The number of nitrogens with one attached hydrogen (secondary N) is 3. The highest BCUT2D eigenvalue weighted by Crippen LogP contribution is 2.19. The van der Waals surface area contributed by atoms with Gasteiger partial charge in [0, 0.05) is 13.0 Å². The lowest BCUT2D eigenvalue weighted by Crippen LogP contribution is -3.05. The number of carbonyl (C=O) groups is 2. The van der Waals surface area contributed by atoms with E-state index in [1.165, 1.54) is 11.0 Å². The Labute approximate surface area is 162 Å². The molecule has 10 heteroatoms. The fraction of sp³-hybridized carbons (Fsp3) is 0.294. The minimum Gasteiger partial charge on any atom is -1.00 e. The smallest absolute Gasteiger partial charge is 0.433 e. The van der Waals surface area contributed by atoms with Crippen molar-refractivity contribution in [3.63, 3.8) is 0 Å². The van der Waals surface area contributed by atoms with Gasteiger partial charge in [-0.3, -0.25) is 19.7 Å². The van der Waals surface area contributed by atoms with E-state index < -0.39 is 16.7 Å². The van der Waals surface area contributed by atoms with Gasteiger partial charge in [0.15, 0.2) is 5.76 Å². The number of hydrogen-bond acceptors (Lipinski definition) is 5. The Balaban J connectivity index is 0.00000364. The molecule has 1 aromatic carbocycles. The summed E-state index contributed by atoms with van der Waals surface area (Å²) >= 11 is 0. The zero-order valence-corrected chi connectivity index (χ0v) is 15.7. The summed E-state index contributed by atoms with van der Waals surface area (Å²) in [7, 11) is 4.07. The van der Waals surface area contributed by atoms with Gasteiger partial charge in [0.05, 0.1) is 38.0 Å². The summed E-state index contributed by atoms with van der Waals surface area (Å²) in [5.41, 5.74) is 0.603. The van der Waals surface area contributed by atoms with Crippen LogP contribution in [0.2, 0.25) is 0 Å². The van der Waals surface area contributed by atoms with Crippen LogP contribution in [0.3, 0.4) is 0 Å². The number of rotatable bonds is 8. The number of nitrogens with zero attached hydrogens (tertiary/aromatic N) is 1. The van der Waals surface area contributed by atoms with Gasteiger partial charge in [0.1, 0.15) is 4.92 Å². The van der Waals surface area contributed by atoms with Gasteiger partial charge in [-0.15, -0.1) is 0 Å². The molecule has 0 saturated carbocycles. The summed E-state index contributed by atoms with van der Waals surface area (Å²) in [5, 5.41) is 16.0. The SMILES string of the molecule is C[NH+](C)CCCNC(=O)c1ccccc1NC(=O)c1ccc([N+](=O)[O-])o1.[Cl-]. The number of anilines is 1. The largest absolute Gasteiger partial charge is 1.00 e. The number of nitro groups is 1. The van der Waals surface area contributed by atoms with Crippen molar-refractivity contribution in [2.24, 2.45) is 0 Å². The van der Waals surface area contributed by atoms with Crippen LogP contribution < -0.4 is 27.9 Å². The monoisotopic (exact) mass is 396 g/mol. The maximum absolute atomic E-state index is 12.3. The molecule has 146 valence electrons. The highest BCUT2D eigenvalue weighted by atomic mass is 35.5. The molecule has 0 saturated heterocycles. The Kier molecular flexibility index (Phi) is 8.43. The molecular weight excluding hydrogens is 376 g/mol. The molecule has 0 spiro atoms. The molecule has 0 radical (unpaired) electrons. The third-order valence-electron chi connectivity index (χ3n) is 3.55. The number of hydrogen-bond donors (Lipinski definition) is 3. The maximum Gasteiger partial charge on any atom is 0.433 e. The van der Waals surface area contributed by atoms with Crippen LogP contribution in [-0.2, 0) is 0 Å². The molecule has 0 aliphatic rings. The second-order valence-electron chi connectivity index (χ2n) is 5.96. The molecule has 0 atom stereocenters. The molecule has 27 heavy (non-hydrogen) atoms. The lowest BCUT2D eigenvalue weighted by Gasteiger charge is -2.11. The van der Waals surface area contributed by atoms with E-state index in [0.717, 1.165) is 19.0 Å². The van der Waals surface area contributed by atoms with Gasteiger partial charge in [-0.1, -0.05) is 12.1 Å². The van der Waals surface area contributed by atoms with E-state index in [1.54, 1.807) is 24.3 Å². The summed E-state index contributed by atoms with van der Waals surface area (Å²) in [6.07, 6.45) is 0.832. The zero-order valence-electron chi connectivity index (χ0n) is 15.0. The Morgan fingerprint density at radius 2 is 1.85 bits per heavy atom. The second-order valence-corrected chi connectivity index (χ2v) is 5.96. The predicted octanol–water partition coefficient (Wildman–Crippen LogP) is -2.29. The number of para-hydroxylation sites is 1. The molecule has 0 aliphatic heterocycles. The molecule has 0 fully saturated rings. The normalized spacial score (nSPS) is 10.2. The summed E-state index contributed by atoms with van der Waals surface area (Å²) in [4.78, 5) is 35.7. The van der Waals surface area contributed by atoms with Crippen molar-refractivity contribution in [2.45, 2.75) is 6.42 Å². The first-order chi connectivity index (χ1) is 12.4. The van der Waals surface area contributed by atoms with Crippen LogP contribution in [0, 0.1) is 10.1 Å². The molecule has 9 nitrogen and oxygen atoms in total.